The Morgan fingerprint density at radius 3 is 2.95 bits per heavy atom. The highest BCUT2D eigenvalue weighted by Crippen LogP contribution is 2.06. The smallest absolute Gasteiger partial charge is 0.159 e. The third-order valence-electron chi connectivity index (χ3n) is 2.88. The zero-order valence-electron chi connectivity index (χ0n) is 10.9. The molecule has 0 unspecified atom stereocenters. The fraction of sp³-hybridized carbons (Fsp3) is 0.0625. The fourth-order valence-electron chi connectivity index (χ4n) is 1.87. The molecule has 0 N–H and O–H groups in total. The van der Waals surface area contributed by atoms with Crippen LogP contribution in [0.4, 0.5) is 0 Å². The van der Waals surface area contributed by atoms with Crippen molar-refractivity contribution in [1.82, 2.24) is 14.6 Å². The first kappa shape index (κ1) is 12.1. The van der Waals surface area contributed by atoms with Gasteiger partial charge >= 0.3 is 0 Å². The molecule has 0 saturated heterocycles. The molecule has 96 valence electrons. The number of carbonyl (C=O) groups is 1. The zero-order chi connectivity index (χ0) is 13.9. The van der Waals surface area contributed by atoms with Gasteiger partial charge in [0.15, 0.2) is 11.4 Å². The topological polar surface area (TPSA) is 47.3 Å². The third-order valence-corrected chi connectivity index (χ3v) is 2.88. The molecule has 3 rings (SSSR count). The van der Waals surface area contributed by atoms with E-state index >= 15 is 0 Å². The molecule has 0 aliphatic rings. The average molecular weight is 261 g/mol. The van der Waals surface area contributed by atoms with Crippen LogP contribution in [0, 0.1) is 11.8 Å². The third kappa shape index (κ3) is 2.29. The van der Waals surface area contributed by atoms with E-state index in [1.807, 2.05) is 24.3 Å². The first-order valence-electron chi connectivity index (χ1n) is 6.16. The van der Waals surface area contributed by atoms with E-state index in [2.05, 4.69) is 21.9 Å². The van der Waals surface area contributed by atoms with Crippen LogP contribution in [0.3, 0.4) is 0 Å². The second kappa shape index (κ2) is 4.98. The van der Waals surface area contributed by atoms with Crippen LogP contribution >= 0.6 is 0 Å². The van der Waals surface area contributed by atoms with Crippen molar-refractivity contribution in [1.29, 1.82) is 0 Å². The van der Waals surface area contributed by atoms with Crippen LogP contribution in [0.25, 0.3) is 5.65 Å². The van der Waals surface area contributed by atoms with Crippen molar-refractivity contribution in [2.45, 2.75) is 6.92 Å². The van der Waals surface area contributed by atoms with Crippen LogP contribution in [-0.4, -0.2) is 20.4 Å². The second-order valence-corrected chi connectivity index (χ2v) is 4.32. The maximum atomic E-state index is 11.3. The summed E-state index contributed by atoms with van der Waals surface area (Å²) < 4.78 is 1.68. The Balaban J connectivity index is 1.99. The number of ketones is 1. The summed E-state index contributed by atoms with van der Waals surface area (Å²) in [6, 6.07) is 11.0. The van der Waals surface area contributed by atoms with Crippen molar-refractivity contribution in [3.05, 3.63) is 65.6 Å². The second-order valence-electron chi connectivity index (χ2n) is 4.32. The molecule has 0 fully saturated rings. The number of Topliss-reactive ketones (excluding diaryl/α,β-unsaturated/α-hetero) is 1. The van der Waals surface area contributed by atoms with Gasteiger partial charge in [0, 0.05) is 17.3 Å². The minimum Gasteiger partial charge on any atom is -0.295 e. The SMILES string of the molecule is CC(=O)c1cccc(C#Cc2cnc3cccnn23)c1. The minimum atomic E-state index is 0.0325. The summed E-state index contributed by atoms with van der Waals surface area (Å²) in [5, 5.41) is 4.20. The fourth-order valence-corrected chi connectivity index (χ4v) is 1.87. The van der Waals surface area contributed by atoms with Crippen LogP contribution in [0.5, 0.6) is 0 Å². The van der Waals surface area contributed by atoms with Gasteiger partial charge in [-0.25, -0.2) is 9.50 Å². The monoisotopic (exact) mass is 261 g/mol. The first-order valence-corrected chi connectivity index (χ1v) is 6.16. The Hall–Kier alpha value is -2.93. The molecule has 20 heavy (non-hydrogen) atoms. The normalized spacial score (nSPS) is 10.1. The van der Waals surface area contributed by atoms with Gasteiger partial charge in [-0.2, -0.15) is 5.10 Å². The van der Waals surface area contributed by atoms with Gasteiger partial charge in [0.2, 0.25) is 0 Å². The summed E-state index contributed by atoms with van der Waals surface area (Å²) in [6.45, 7) is 1.54. The van der Waals surface area contributed by atoms with E-state index < -0.39 is 0 Å². The molecule has 0 atom stereocenters. The van der Waals surface area contributed by atoms with Gasteiger partial charge < -0.3 is 0 Å². The lowest BCUT2D eigenvalue weighted by molar-refractivity contribution is 0.101. The molecule has 1 aromatic carbocycles. The highest BCUT2D eigenvalue weighted by atomic mass is 16.1. The van der Waals surface area contributed by atoms with Gasteiger partial charge in [-0.15, -0.1) is 0 Å². The predicted octanol–water partition coefficient (Wildman–Crippen LogP) is 2.33. The number of imidazole rings is 1. The van der Waals surface area contributed by atoms with Gasteiger partial charge in [-0.05, 0) is 37.1 Å². The van der Waals surface area contributed by atoms with E-state index in [9.17, 15) is 4.79 Å². The molecule has 4 nitrogen and oxygen atoms in total. The quantitative estimate of drug-likeness (QED) is 0.499. The highest BCUT2D eigenvalue weighted by molar-refractivity contribution is 5.94. The van der Waals surface area contributed by atoms with Gasteiger partial charge in [0.05, 0.1) is 6.20 Å². The summed E-state index contributed by atoms with van der Waals surface area (Å²) in [5.74, 6) is 6.09. The molecule has 0 aliphatic carbocycles. The minimum absolute atomic E-state index is 0.0325. The molecule has 0 bridgehead atoms. The zero-order valence-corrected chi connectivity index (χ0v) is 10.9. The van der Waals surface area contributed by atoms with Crippen LogP contribution in [0.1, 0.15) is 28.5 Å². The average Bonchev–Trinajstić information content (AvgIpc) is 2.89. The number of fused-ring (bicyclic) bond motifs is 1. The van der Waals surface area contributed by atoms with E-state index in [1.165, 1.54) is 0 Å². The van der Waals surface area contributed by atoms with E-state index in [4.69, 9.17) is 0 Å². The lowest BCUT2D eigenvalue weighted by atomic mass is 10.1. The van der Waals surface area contributed by atoms with E-state index in [0.717, 1.165) is 11.2 Å². The molecular weight excluding hydrogens is 250 g/mol. The molecule has 4 heteroatoms. The maximum absolute atomic E-state index is 11.3. The van der Waals surface area contributed by atoms with Gasteiger partial charge in [0.1, 0.15) is 5.69 Å². The van der Waals surface area contributed by atoms with E-state index in [1.54, 1.807) is 36.0 Å². The lowest BCUT2D eigenvalue weighted by Gasteiger charge is -1.95. The number of aromatic nitrogens is 3. The maximum Gasteiger partial charge on any atom is 0.159 e. The van der Waals surface area contributed by atoms with Crippen molar-refractivity contribution in [2.24, 2.45) is 0 Å². The molecule has 2 aromatic heterocycles. The van der Waals surface area contributed by atoms with Gasteiger partial charge in [-0.3, -0.25) is 4.79 Å². The standard InChI is InChI=1S/C16H11N3O/c1-12(20)14-5-2-4-13(10-14)7-8-15-11-17-16-6-3-9-18-19(15)16/h2-6,9-11H,1H3. The Bertz CT molecular complexity index is 853. The molecular formula is C16H11N3O. The Morgan fingerprint density at radius 2 is 2.10 bits per heavy atom. The molecule has 0 aliphatic heterocycles. The molecule has 0 radical (unpaired) electrons. The summed E-state index contributed by atoms with van der Waals surface area (Å²) in [4.78, 5) is 15.6. The van der Waals surface area contributed by atoms with Crippen LogP contribution < -0.4 is 0 Å². The number of hydrogen-bond acceptors (Lipinski definition) is 3. The van der Waals surface area contributed by atoms with Crippen LogP contribution in [0.15, 0.2) is 48.8 Å². The molecule has 3 aromatic rings. The molecule has 2 heterocycles. The van der Waals surface area contributed by atoms with Crippen LogP contribution in [-0.2, 0) is 0 Å². The van der Waals surface area contributed by atoms with Gasteiger partial charge in [0.25, 0.3) is 0 Å². The number of benzene rings is 1. The highest BCUT2D eigenvalue weighted by Gasteiger charge is 2.00. The Kier molecular flexibility index (Phi) is 3.02. The largest absolute Gasteiger partial charge is 0.295 e. The number of hydrogen-bond donors (Lipinski definition) is 0. The molecule has 0 saturated carbocycles. The van der Waals surface area contributed by atoms with Crippen molar-refractivity contribution in [3.8, 4) is 11.8 Å². The number of nitrogens with zero attached hydrogens (tertiary/aromatic N) is 3. The van der Waals surface area contributed by atoms with Crippen LogP contribution in [0.2, 0.25) is 0 Å². The Morgan fingerprint density at radius 1 is 1.20 bits per heavy atom. The molecule has 0 spiro atoms. The van der Waals surface area contributed by atoms with Crippen molar-refractivity contribution < 1.29 is 4.79 Å². The summed E-state index contributed by atoms with van der Waals surface area (Å²) in [7, 11) is 0. The number of carbonyl (C=O) groups excluding carboxylic acids is 1. The van der Waals surface area contributed by atoms with E-state index in [-0.39, 0.29) is 5.78 Å². The van der Waals surface area contributed by atoms with E-state index in [0.29, 0.717) is 11.3 Å². The molecule has 0 amide bonds. The van der Waals surface area contributed by atoms with Crippen molar-refractivity contribution in [3.63, 3.8) is 0 Å². The van der Waals surface area contributed by atoms with Crippen molar-refractivity contribution in [2.75, 3.05) is 0 Å². The summed E-state index contributed by atoms with van der Waals surface area (Å²) in [5.41, 5.74) is 2.93. The predicted molar refractivity (Wildman–Crippen MR) is 75.4 cm³/mol. The Labute approximate surface area is 116 Å². The summed E-state index contributed by atoms with van der Waals surface area (Å²) in [6.07, 6.45) is 3.38. The first-order chi connectivity index (χ1) is 9.74. The van der Waals surface area contributed by atoms with Gasteiger partial charge in [-0.1, -0.05) is 18.1 Å². The summed E-state index contributed by atoms with van der Waals surface area (Å²) >= 11 is 0. The number of rotatable bonds is 1. The van der Waals surface area contributed by atoms with Crippen molar-refractivity contribution >= 4 is 11.4 Å². The lowest BCUT2D eigenvalue weighted by Crippen LogP contribution is -1.93.